The molecule has 1 aromatic heterocycles. The molecule has 0 saturated heterocycles. The Morgan fingerprint density at radius 2 is 2.25 bits per heavy atom. The number of benzene rings is 1. The van der Waals surface area contributed by atoms with Crippen LogP contribution in [0.5, 0.6) is 5.75 Å². The minimum absolute atomic E-state index is 0.209. The lowest BCUT2D eigenvalue weighted by atomic mass is 10.2. The van der Waals surface area contributed by atoms with Crippen molar-refractivity contribution in [1.29, 1.82) is 0 Å². The van der Waals surface area contributed by atoms with Crippen molar-refractivity contribution < 1.29 is 9.53 Å². The summed E-state index contributed by atoms with van der Waals surface area (Å²) in [4.78, 5) is 15.0. The number of nitrogens with one attached hydrogen (secondary N) is 1. The normalized spacial score (nSPS) is 10.1. The van der Waals surface area contributed by atoms with Gasteiger partial charge in [-0.3, -0.25) is 9.78 Å². The summed E-state index contributed by atoms with van der Waals surface area (Å²) in [5.41, 5.74) is 6.97. The Balaban J connectivity index is 2.17. The first-order valence-corrected chi connectivity index (χ1v) is 6.30. The highest BCUT2D eigenvalue weighted by molar-refractivity contribution is 6.31. The van der Waals surface area contributed by atoms with Gasteiger partial charge in [-0.05, 0) is 24.3 Å². The van der Waals surface area contributed by atoms with Gasteiger partial charge in [0.05, 0.1) is 7.11 Å². The maximum absolute atomic E-state index is 11.1. The van der Waals surface area contributed by atoms with Gasteiger partial charge < -0.3 is 15.8 Å². The summed E-state index contributed by atoms with van der Waals surface area (Å²) in [5, 5.41) is 3.77. The molecular weight excluding hydrogens is 278 g/mol. The summed E-state index contributed by atoms with van der Waals surface area (Å²) >= 11 is 6.15. The van der Waals surface area contributed by atoms with Crippen LogP contribution in [0.25, 0.3) is 0 Å². The van der Waals surface area contributed by atoms with Gasteiger partial charge in [-0.2, -0.15) is 0 Å². The molecule has 1 aromatic carbocycles. The topological polar surface area (TPSA) is 77.2 Å². The van der Waals surface area contributed by atoms with Crippen molar-refractivity contribution in [3.05, 3.63) is 52.8 Å². The average Bonchev–Trinajstić information content (AvgIpc) is 2.46. The molecule has 0 spiro atoms. The van der Waals surface area contributed by atoms with E-state index in [1.165, 1.54) is 6.20 Å². The highest BCUT2D eigenvalue weighted by Crippen LogP contribution is 2.27. The van der Waals surface area contributed by atoms with Crippen molar-refractivity contribution in [2.75, 3.05) is 12.4 Å². The highest BCUT2D eigenvalue weighted by atomic mass is 35.5. The largest absolute Gasteiger partial charge is 0.496 e. The van der Waals surface area contributed by atoms with E-state index in [4.69, 9.17) is 22.1 Å². The lowest BCUT2D eigenvalue weighted by Crippen LogP contribution is -2.13. The number of primary amides is 1. The predicted octanol–water partition coefficient (Wildman–Crippen LogP) is 2.45. The lowest BCUT2D eigenvalue weighted by molar-refractivity contribution is 0.0995. The van der Waals surface area contributed by atoms with Crippen LogP contribution in [0.4, 0.5) is 5.69 Å². The van der Waals surface area contributed by atoms with Crippen LogP contribution in [0.3, 0.4) is 0 Å². The van der Waals surface area contributed by atoms with E-state index in [0.717, 1.165) is 11.3 Å². The first kappa shape index (κ1) is 14.1. The molecule has 0 aliphatic heterocycles. The van der Waals surface area contributed by atoms with Crippen molar-refractivity contribution in [3.8, 4) is 5.75 Å². The molecule has 0 atom stereocenters. The van der Waals surface area contributed by atoms with Crippen molar-refractivity contribution >= 4 is 23.2 Å². The summed E-state index contributed by atoms with van der Waals surface area (Å²) < 4.78 is 5.27. The first-order valence-electron chi connectivity index (χ1n) is 5.93. The zero-order valence-electron chi connectivity index (χ0n) is 10.9. The number of carbonyl (C=O) groups is 1. The molecule has 1 amide bonds. The second kappa shape index (κ2) is 6.25. The van der Waals surface area contributed by atoms with Crippen LogP contribution in [-0.2, 0) is 6.54 Å². The molecule has 104 valence electrons. The molecule has 0 saturated carbocycles. The molecule has 20 heavy (non-hydrogen) atoms. The second-order valence-corrected chi connectivity index (χ2v) is 4.48. The molecule has 2 aromatic rings. The maximum Gasteiger partial charge on any atom is 0.267 e. The van der Waals surface area contributed by atoms with Gasteiger partial charge in [0.1, 0.15) is 11.4 Å². The highest BCUT2D eigenvalue weighted by Gasteiger charge is 2.08. The molecule has 0 fully saturated rings. The number of anilines is 1. The van der Waals surface area contributed by atoms with Gasteiger partial charge in [-0.25, -0.2) is 0 Å². The molecule has 3 N–H and O–H groups in total. The number of hydrogen-bond acceptors (Lipinski definition) is 4. The van der Waals surface area contributed by atoms with E-state index in [1.807, 2.05) is 12.1 Å². The van der Waals surface area contributed by atoms with Gasteiger partial charge in [0, 0.05) is 29.0 Å². The van der Waals surface area contributed by atoms with Crippen LogP contribution in [0.15, 0.2) is 36.5 Å². The van der Waals surface area contributed by atoms with Gasteiger partial charge in [0.2, 0.25) is 0 Å². The summed E-state index contributed by atoms with van der Waals surface area (Å²) in [6.07, 6.45) is 1.52. The molecule has 0 aliphatic rings. The third-order valence-corrected chi connectivity index (χ3v) is 3.13. The van der Waals surface area contributed by atoms with Crippen LogP contribution < -0.4 is 15.8 Å². The molecule has 0 aliphatic carbocycles. The predicted molar refractivity (Wildman–Crippen MR) is 78.1 cm³/mol. The number of aromatic nitrogens is 1. The number of pyridine rings is 1. The molecule has 1 heterocycles. The Morgan fingerprint density at radius 1 is 1.45 bits per heavy atom. The SMILES string of the molecule is COc1cccc(Cl)c1CNc1ccnc(C(N)=O)c1. The Kier molecular flexibility index (Phi) is 4.42. The van der Waals surface area contributed by atoms with Gasteiger partial charge >= 0.3 is 0 Å². The average molecular weight is 292 g/mol. The van der Waals surface area contributed by atoms with Crippen molar-refractivity contribution in [3.63, 3.8) is 0 Å². The lowest BCUT2D eigenvalue weighted by Gasteiger charge is -2.12. The molecule has 0 bridgehead atoms. The number of carbonyl (C=O) groups excluding carboxylic acids is 1. The number of halogens is 1. The smallest absolute Gasteiger partial charge is 0.267 e. The fraction of sp³-hybridized carbons (Fsp3) is 0.143. The number of amides is 1. The zero-order chi connectivity index (χ0) is 14.5. The maximum atomic E-state index is 11.1. The van der Waals surface area contributed by atoms with E-state index in [1.54, 1.807) is 25.3 Å². The van der Waals surface area contributed by atoms with E-state index >= 15 is 0 Å². The number of methoxy groups -OCH3 is 1. The Bertz CT molecular complexity index is 632. The number of nitrogens with zero attached hydrogens (tertiary/aromatic N) is 1. The molecule has 5 nitrogen and oxygen atoms in total. The van der Waals surface area contributed by atoms with E-state index < -0.39 is 5.91 Å². The van der Waals surface area contributed by atoms with Crippen LogP contribution in [0.1, 0.15) is 16.1 Å². The summed E-state index contributed by atoms with van der Waals surface area (Å²) in [5.74, 6) is 0.137. The Labute approximate surface area is 121 Å². The summed E-state index contributed by atoms with van der Waals surface area (Å²) in [7, 11) is 1.59. The fourth-order valence-corrected chi connectivity index (χ4v) is 2.00. The van der Waals surface area contributed by atoms with E-state index in [2.05, 4.69) is 10.3 Å². The van der Waals surface area contributed by atoms with Crippen molar-refractivity contribution in [2.24, 2.45) is 5.73 Å². The third-order valence-electron chi connectivity index (χ3n) is 2.78. The van der Waals surface area contributed by atoms with Gasteiger partial charge in [0.15, 0.2) is 0 Å². The number of nitrogens with two attached hydrogens (primary N) is 1. The third kappa shape index (κ3) is 3.19. The van der Waals surface area contributed by atoms with E-state index in [9.17, 15) is 4.79 Å². The summed E-state index contributed by atoms with van der Waals surface area (Å²) in [6, 6.07) is 8.79. The molecular formula is C14H14ClN3O2. The molecule has 6 heteroatoms. The second-order valence-electron chi connectivity index (χ2n) is 4.07. The quantitative estimate of drug-likeness (QED) is 0.887. The first-order chi connectivity index (χ1) is 9.61. The minimum Gasteiger partial charge on any atom is -0.496 e. The standard InChI is InChI=1S/C14H14ClN3O2/c1-20-13-4-2-3-11(15)10(13)8-18-9-5-6-17-12(7-9)14(16)19/h2-7H,8H2,1H3,(H2,16,19)(H,17,18). The Hall–Kier alpha value is -2.27. The number of hydrogen-bond donors (Lipinski definition) is 2. The van der Waals surface area contributed by atoms with Gasteiger partial charge in [-0.1, -0.05) is 17.7 Å². The van der Waals surface area contributed by atoms with Gasteiger partial charge in [0.25, 0.3) is 5.91 Å². The van der Waals surface area contributed by atoms with Crippen molar-refractivity contribution in [2.45, 2.75) is 6.54 Å². The van der Waals surface area contributed by atoms with Gasteiger partial charge in [-0.15, -0.1) is 0 Å². The zero-order valence-corrected chi connectivity index (χ0v) is 11.6. The van der Waals surface area contributed by atoms with Crippen LogP contribution in [0.2, 0.25) is 5.02 Å². The molecule has 2 rings (SSSR count). The monoisotopic (exact) mass is 291 g/mol. The fourth-order valence-electron chi connectivity index (χ4n) is 1.77. The van der Waals surface area contributed by atoms with Crippen LogP contribution >= 0.6 is 11.6 Å². The number of ether oxygens (including phenoxy) is 1. The van der Waals surface area contributed by atoms with E-state index in [-0.39, 0.29) is 5.69 Å². The van der Waals surface area contributed by atoms with Crippen LogP contribution in [0, 0.1) is 0 Å². The molecule has 0 radical (unpaired) electrons. The summed E-state index contributed by atoms with van der Waals surface area (Å²) in [6.45, 7) is 0.463. The Morgan fingerprint density at radius 3 is 2.95 bits per heavy atom. The minimum atomic E-state index is -0.566. The van der Waals surface area contributed by atoms with Crippen LogP contribution in [-0.4, -0.2) is 18.0 Å². The van der Waals surface area contributed by atoms with Crippen molar-refractivity contribution in [1.82, 2.24) is 4.98 Å². The molecule has 0 unspecified atom stereocenters. The number of rotatable bonds is 5. The van der Waals surface area contributed by atoms with E-state index in [0.29, 0.717) is 17.3 Å².